The first kappa shape index (κ1) is 10.4. The van der Waals surface area contributed by atoms with Gasteiger partial charge in [0.2, 0.25) is 0 Å². The van der Waals surface area contributed by atoms with Crippen molar-refractivity contribution in [3.63, 3.8) is 0 Å². The molecule has 0 amide bonds. The van der Waals surface area contributed by atoms with E-state index in [0.29, 0.717) is 16.8 Å². The fourth-order valence-corrected chi connectivity index (χ4v) is 1.45. The van der Waals surface area contributed by atoms with Gasteiger partial charge in [0.1, 0.15) is 5.82 Å². The average molecular weight is 220 g/mol. The minimum atomic E-state index is -0.574. The first-order chi connectivity index (χ1) is 7.58. The molecule has 0 aliphatic carbocycles. The van der Waals surface area contributed by atoms with Crippen LogP contribution in [0.1, 0.15) is 5.56 Å². The van der Waals surface area contributed by atoms with Gasteiger partial charge in [0.05, 0.1) is 5.69 Å². The Labute approximate surface area is 89.8 Å². The van der Waals surface area contributed by atoms with Gasteiger partial charge in [0.25, 0.3) is 5.56 Å². The highest BCUT2D eigenvalue weighted by molar-refractivity contribution is 5.61. The molecule has 1 heterocycles. The lowest BCUT2D eigenvalue weighted by Gasteiger charge is -2.03. The molecule has 0 aliphatic rings. The Balaban J connectivity index is 2.69. The topological polar surface area (TPSA) is 65.7 Å². The summed E-state index contributed by atoms with van der Waals surface area (Å²) < 4.78 is 12.7. The molecule has 16 heavy (non-hydrogen) atoms. The average Bonchev–Trinajstić information content (AvgIpc) is 2.25. The lowest BCUT2D eigenvalue weighted by Crippen LogP contribution is -2.24. The van der Waals surface area contributed by atoms with Crippen LogP contribution in [0.25, 0.3) is 11.3 Å². The van der Waals surface area contributed by atoms with Crippen LogP contribution in [0, 0.1) is 12.7 Å². The largest absolute Gasteiger partial charge is 0.326 e. The number of nitrogens with one attached hydrogen (secondary N) is 2. The summed E-state index contributed by atoms with van der Waals surface area (Å²) in [6, 6.07) is 5.56. The predicted molar refractivity (Wildman–Crippen MR) is 57.8 cm³/mol. The van der Waals surface area contributed by atoms with E-state index in [2.05, 4.69) is 9.97 Å². The normalized spacial score (nSPS) is 10.4. The summed E-state index contributed by atoms with van der Waals surface area (Å²) in [6.45, 7) is 1.59. The molecule has 0 bridgehead atoms. The summed E-state index contributed by atoms with van der Waals surface area (Å²) in [5.41, 5.74) is 0.389. The zero-order chi connectivity index (χ0) is 11.7. The molecule has 1 aromatic heterocycles. The fourth-order valence-electron chi connectivity index (χ4n) is 1.45. The summed E-state index contributed by atoms with van der Waals surface area (Å²) in [4.78, 5) is 27.1. The molecule has 4 nitrogen and oxygen atoms in total. The van der Waals surface area contributed by atoms with Crippen molar-refractivity contribution >= 4 is 0 Å². The molecule has 82 valence electrons. The van der Waals surface area contributed by atoms with Crippen molar-refractivity contribution < 1.29 is 4.39 Å². The Hall–Kier alpha value is -2.17. The molecule has 2 aromatic rings. The fraction of sp³-hybridized carbons (Fsp3) is 0.0909. The SMILES string of the molecule is Cc1c(-c2ccc(F)cc2)[nH]c(=O)[nH]c1=O. The number of hydrogen-bond donors (Lipinski definition) is 2. The van der Waals surface area contributed by atoms with Crippen molar-refractivity contribution in [1.82, 2.24) is 9.97 Å². The van der Waals surface area contributed by atoms with Crippen molar-refractivity contribution in [2.45, 2.75) is 6.92 Å². The molecule has 1 aromatic carbocycles. The van der Waals surface area contributed by atoms with Crippen LogP contribution in [-0.2, 0) is 0 Å². The number of benzene rings is 1. The van der Waals surface area contributed by atoms with Crippen LogP contribution in [0.15, 0.2) is 33.9 Å². The zero-order valence-electron chi connectivity index (χ0n) is 8.50. The van der Waals surface area contributed by atoms with Crippen LogP contribution < -0.4 is 11.2 Å². The molecule has 2 N–H and O–H groups in total. The van der Waals surface area contributed by atoms with Crippen molar-refractivity contribution in [3.05, 3.63) is 56.5 Å². The molecule has 0 spiro atoms. The third-order valence-electron chi connectivity index (χ3n) is 2.31. The third kappa shape index (κ3) is 1.79. The second kappa shape index (κ2) is 3.77. The van der Waals surface area contributed by atoms with E-state index in [-0.39, 0.29) is 5.82 Å². The van der Waals surface area contributed by atoms with Gasteiger partial charge in [-0.25, -0.2) is 9.18 Å². The second-order valence-electron chi connectivity index (χ2n) is 3.42. The molecule has 2 rings (SSSR count). The lowest BCUT2D eigenvalue weighted by molar-refractivity contribution is 0.628. The summed E-state index contributed by atoms with van der Waals surface area (Å²) in [5, 5.41) is 0. The summed E-state index contributed by atoms with van der Waals surface area (Å²) in [7, 11) is 0. The predicted octanol–water partition coefficient (Wildman–Crippen LogP) is 1.18. The highest BCUT2D eigenvalue weighted by atomic mass is 19.1. The number of aromatic nitrogens is 2. The van der Waals surface area contributed by atoms with E-state index in [1.54, 1.807) is 6.92 Å². The van der Waals surface area contributed by atoms with E-state index in [1.165, 1.54) is 24.3 Å². The molecule has 0 radical (unpaired) electrons. The summed E-state index contributed by atoms with van der Waals surface area (Å²) >= 11 is 0. The van der Waals surface area contributed by atoms with Crippen LogP contribution in [0.4, 0.5) is 4.39 Å². The minimum Gasteiger partial charge on any atom is -0.307 e. The van der Waals surface area contributed by atoms with Crippen molar-refractivity contribution in [2.24, 2.45) is 0 Å². The van der Waals surface area contributed by atoms with E-state index in [1.807, 2.05) is 0 Å². The first-order valence-electron chi connectivity index (χ1n) is 4.67. The van der Waals surface area contributed by atoms with Gasteiger partial charge < -0.3 is 4.98 Å². The van der Waals surface area contributed by atoms with Crippen molar-refractivity contribution in [2.75, 3.05) is 0 Å². The van der Waals surface area contributed by atoms with E-state index >= 15 is 0 Å². The molecule has 0 fully saturated rings. The maximum atomic E-state index is 12.7. The van der Waals surface area contributed by atoms with Crippen LogP contribution in [0.3, 0.4) is 0 Å². The van der Waals surface area contributed by atoms with E-state index < -0.39 is 11.2 Å². The Bertz CT molecular complexity index is 626. The van der Waals surface area contributed by atoms with E-state index in [9.17, 15) is 14.0 Å². The van der Waals surface area contributed by atoms with E-state index in [0.717, 1.165) is 0 Å². The molecular weight excluding hydrogens is 211 g/mol. The monoisotopic (exact) mass is 220 g/mol. The van der Waals surface area contributed by atoms with Crippen LogP contribution in [0.5, 0.6) is 0 Å². The van der Waals surface area contributed by atoms with E-state index in [4.69, 9.17) is 0 Å². The van der Waals surface area contributed by atoms with Gasteiger partial charge in [-0.05, 0) is 36.8 Å². The molecule has 0 unspecified atom stereocenters. The highest BCUT2D eigenvalue weighted by Crippen LogP contribution is 2.17. The maximum Gasteiger partial charge on any atom is 0.326 e. The van der Waals surface area contributed by atoms with Gasteiger partial charge in [-0.3, -0.25) is 9.78 Å². The third-order valence-corrected chi connectivity index (χ3v) is 2.31. The van der Waals surface area contributed by atoms with Gasteiger partial charge in [-0.2, -0.15) is 0 Å². The summed E-state index contributed by atoms with van der Waals surface area (Å²) in [6.07, 6.45) is 0. The lowest BCUT2D eigenvalue weighted by atomic mass is 10.1. The number of aromatic amines is 2. The van der Waals surface area contributed by atoms with Gasteiger partial charge in [0, 0.05) is 5.56 Å². The summed E-state index contributed by atoms with van der Waals surface area (Å²) in [5.74, 6) is -0.367. The zero-order valence-corrected chi connectivity index (χ0v) is 8.50. The molecule has 0 saturated carbocycles. The van der Waals surface area contributed by atoms with Gasteiger partial charge in [-0.1, -0.05) is 0 Å². The van der Waals surface area contributed by atoms with Crippen molar-refractivity contribution in [3.8, 4) is 11.3 Å². The standard InChI is InChI=1S/C11H9FN2O2/c1-6-9(13-11(16)14-10(6)15)7-2-4-8(12)5-3-7/h2-5H,1H3,(H2,13,14,15,16). The highest BCUT2D eigenvalue weighted by Gasteiger charge is 2.06. The maximum absolute atomic E-state index is 12.7. The first-order valence-corrected chi connectivity index (χ1v) is 4.67. The van der Waals surface area contributed by atoms with Crippen LogP contribution in [-0.4, -0.2) is 9.97 Å². The molecule has 0 atom stereocenters. The molecular formula is C11H9FN2O2. The minimum absolute atomic E-state index is 0.367. The number of hydrogen-bond acceptors (Lipinski definition) is 2. The van der Waals surface area contributed by atoms with Crippen LogP contribution in [0.2, 0.25) is 0 Å². The Morgan fingerprint density at radius 2 is 1.69 bits per heavy atom. The Kier molecular flexibility index (Phi) is 2.44. The smallest absolute Gasteiger partial charge is 0.307 e. The molecule has 0 aliphatic heterocycles. The Morgan fingerprint density at radius 3 is 2.31 bits per heavy atom. The quantitative estimate of drug-likeness (QED) is 0.757. The van der Waals surface area contributed by atoms with Crippen molar-refractivity contribution in [1.29, 1.82) is 0 Å². The van der Waals surface area contributed by atoms with Crippen LogP contribution >= 0.6 is 0 Å². The van der Waals surface area contributed by atoms with Gasteiger partial charge >= 0.3 is 5.69 Å². The number of halogens is 1. The van der Waals surface area contributed by atoms with Gasteiger partial charge in [0.15, 0.2) is 0 Å². The molecule has 0 saturated heterocycles. The number of rotatable bonds is 1. The van der Waals surface area contributed by atoms with Gasteiger partial charge in [-0.15, -0.1) is 0 Å². The number of H-pyrrole nitrogens is 2. The second-order valence-corrected chi connectivity index (χ2v) is 3.42. The Morgan fingerprint density at radius 1 is 1.06 bits per heavy atom. The molecule has 5 heteroatoms.